The molecule has 0 saturated heterocycles. The number of rotatable bonds is 8. The minimum absolute atomic E-state index is 0.168. The zero-order valence-electron chi connectivity index (χ0n) is 20.6. The van der Waals surface area contributed by atoms with Gasteiger partial charge in [-0.3, -0.25) is 9.59 Å². The molecular formula is C28H28N2O6. The van der Waals surface area contributed by atoms with Crippen molar-refractivity contribution in [2.45, 2.75) is 26.1 Å². The van der Waals surface area contributed by atoms with Crippen LogP contribution in [0.1, 0.15) is 34.6 Å². The molecule has 0 bridgehead atoms. The minimum Gasteiger partial charge on any atom is -0.449 e. The standard InChI is InChI=1S/C28H28N2O6/c1-19(25(31)29(3)23-11-7-5-8-12-23)35-27(33)21-15-17-22(18-16-21)28(34)36-20(2)26(32)30(4)24-13-9-6-10-14-24/h5-20H,1-4H3/t19-,20-/m0/s1. The summed E-state index contributed by atoms with van der Waals surface area (Å²) in [4.78, 5) is 53.1. The molecule has 3 rings (SSSR count). The van der Waals surface area contributed by atoms with Crippen LogP contribution in [0.15, 0.2) is 84.9 Å². The molecule has 3 aromatic carbocycles. The highest BCUT2D eigenvalue weighted by molar-refractivity contribution is 6.00. The summed E-state index contributed by atoms with van der Waals surface area (Å²) < 4.78 is 10.6. The molecular weight excluding hydrogens is 460 g/mol. The van der Waals surface area contributed by atoms with Crippen molar-refractivity contribution in [3.63, 3.8) is 0 Å². The zero-order valence-corrected chi connectivity index (χ0v) is 20.6. The number of carbonyl (C=O) groups is 4. The van der Waals surface area contributed by atoms with E-state index < -0.39 is 24.1 Å². The molecule has 0 aromatic heterocycles. The van der Waals surface area contributed by atoms with Gasteiger partial charge in [0.1, 0.15) is 0 Å². The molecule has 0 aliphatic rings. The lowest BCUT2D eigenvalue weighted by Gasteiger charge is -2.22. The first kappa shape index (κ1) is 26.2. The van der Waals surface area contributed by atoms with Crippen LogP contribution in [0.25, 0.3) is 0 Å². The number of anilines is 2. The van der Waals surface area contributed by atoms with E-state index >= 15 is 0 Å². The molecule has 2 atom stereocenters. The van der Waals surface area contributed by atoms with Gasteiger partial charge in [0.2, 0.25) is 0 Å². The Morgan fingerprint density at radius 1 is 0.556 bits per heavy atom. The largest absolute Gasteiger partial charge is 0.449 e. The van der Waals surface area contributed by atoms with E-state index in [1.807, 2.05) is 12.1 Å². The van der Waals surface area contributed by atoms with Crippen molar-refractivity contribution in [2.75, 3.05) is 23.9 Å². The molecule has 8 heteroatoms. The van der Waals surface area contributed by atoms with E-state index in [0.29, 0.717) is 11.4 Å². The van der Waals surface area contributed by atoms with Crippen molar-refractivity contribution in [2.24, 2.45) is 0 Å². The van der Waals surface area contributed by atoms with E-state index in [9.17, 15) is 19.2 Å². The first-order valence-electron chi connectivity index (χ1n) is 11.4. The van der Waals surface area contributed by atoms with Crippen LogP contribution >= 0.6 is 0 Å². The van der Waals surface area contributed by atoms with E-state index in [2.05, 4.69) is 0 Å². The molecule has 3 aromatic rings. The zero-order chi connectivity index (χ0) is 26.2. The molecule has 186 valence electrons. The molecule has 0 spiro atoms. The molecule has 0 saturated carbocycles. The summed E-state index contributed by atoms with van der Waals surface area (Å²) in [6, 6.07) is 23.6. The van der Waals surface area contributed by atoms with E-state index in [4.69, 9.17) is 9.47 Å². The summed E-state index contributed by atoms with van der Waals surface area (Å²) in [5.74, 6) is -2.17. The Hall–Kier alpha value is -4.46. The van der Waals surface area contributed by atoms with Gasteiger partial charge in [-0.2, -0.15) is 0 Å². The second-order valence-electron chi connectivity index (χ2n) is 8.14. The molecule has 0 aliphatic heterocycles. The fourth-order valence-electron chi connectivity index (χ4n) is 3.40. The average molecular weight is 489 g/mol. The molecule has 2 amide bonds. The van der Waals surface area contributed by atoms with Gasteiger partial charge >= 0.3 is 11.9 Å². The predicted molar refractivity (Wildman–Crippen MR) is 136 cm³/mol. The smallest absolute Gasteiger partial charge is 0.338 e. The number of nitrogens with zero attached hydrogens (tertiary/aromatic N) is 2. The van der Waals surface area contributed by atoms with E-state index in [0.717, 1.165) is 0 Å². The van der Waals surface area contributed by atoms with Gasteiger partial charge in [-0.15, -0.1) is 0 Å². The number of para-hydroxylation sites is 2. The number of likely N-dealkylation sites (N-methyl/N-ethyl adjacent to an activating group) is 2. The van der Waals surface area contributed by atoms with Gasteiger partial charge in [-0.05, 0) is 62.4 Å². The second-order valence-corrected chi connectivity index (χ2v) is 8.14. The van der Waals surface area contributed by atoms with Crippen molar-refractivity contribution in [3.8, 4) is 0 Å². The van der Waals surface area contributed by atoms with Gasteiger partial charge in [0, 0.05) is 25.5 Å². The predicted octanol–water partition coefficient (Wildman–Crippen LogP) is 4.10. The number of esters is 2. The molecule has 0 radical (unpaired) electrons. The molecule has 0 heterocycles. The lowest BCUT2D eigenvalue weighted by Crippen LogP contribution is -2.37. The minimum atomic E-state index is -1.01. The van der Waals surface area contributed by atoms with Gasteiger partial charge in [0.15, 0.2) is 12.2 Å². The van der Waals surface area contributed by atoms with Gasteiger partial charge in [-0.1, -0.05) is 36.4 Å². The number of benzene rings is 3. The first-order chi connectivity index (χ1) is 17.2. The fourth-order valence-corrected chi connectivity index (χ4v) is 3.40. The highest BCUT2D eigenvalue weighted by Crippen LogP contribution is 2.16. The Morgan fingerprint density at radius 2 is 0.861 bits per heavy atom. The molecule has 0 N–H and O–H groups in total. The molecule has 36 heavy (non-hydrogen) atoms. The third-order valence-corrected chi connectivity index (χ3v) is 5.57. The van der Waals surface area contributed by atoms with Crippen LogP contribution < -0.4 is 9.80 Å². The molecule has 0 fully saturated rings. The quantitative estimate of drug-likeness (QED) is 0.443. The van der Waals surface area contributed by atoms with Gasteiger partial charge in [0.25, 0.3) is 11.8 Å². The van der Waals surface area contributed by atoms with Crippen molar-refractivity contribution >= 4 is 35.1 Å². The molecule has 0 aliphatic carbocycles. The van der Waals surface area contributed by atoms with E-state index in [1.54, 1.807) is 62.6 Å². The van der Waals surface area contributed by atoms with Crippen molar-refractivity contribution < 1.29 is 28.7 Å². The Bertz CT molecular complexity index is 1120. The first-order valence-corrected chi connectivity index (χ1v) is 11.4. The third-order valence-electron chi connectivity index (χ3n) is 5.57. The normalized spacial score (nSPS) is 12.1. The average Bonchev–Trinajstić information content (AvgIpc) is 2.92. The highest BCUT2D eigenvalue weighted by Gasteiger charge is 2.25. The molecule has 8 nitrogen and oxygen atoms in total. The summed E-state index contributed by atoms with van der Waals surface area (Å²) in [6.45, 7) is 2.99. The SMILES string of the molecule is C[C@H](OC(=O)c1ccc(C(=O)O[C@@H](C)C(=O)N(C)c2ccccc2)cc1)C(=O)N(C)c1ccccc1. The maximum absolute atomic E-state index is 12.6. The van der Waals surface area contributed by atoms with Gasteiger partial charge in [-0.25, -0.2) is 9.59 Å². The topological polar surface area (TPSA) is 93.2 Å². The van der Waals surface area contributed by atoms with Crippen LogP contribution in [0.2, 0.25) is 0 Å². The number of amides is 2. The fraction of sp³-hybridized carbons (Fsp3) is 0.214. The van der Waals surface area contributed by atoms with Crippen LogP contribution in [-0.4, -0.2) is 50.1 Å². The van der Waals surface area contributed by atoms with Gasteiger partial charge in [0.05, 0.1) is 11.1 Å². The van der Waals surface area contributed by atoms with E-state index in [-0.39, 0.29) is 22.9 Å². The number of ether oxygens (including phenoxy) is 2. The summed E-state index contributed by atoms with van der Waals surface area (Å²) in [5, 5.41) is 0. The van der Waals surface area contributed by atoms with Crippen LogP contribution in [0.5, 0.6) is 0 Å². The van der Waals surface area contributed by atoms with Crippen molar-refractivity contribution in [1.29, 1.82) is 0 Å². The Labute approximate surface area is 210 Å². The lowest BCUT2D eigenvalue weighted by atomic mass is 10.1. The Morgan fingerprint density at radius 3 is 1.17 bits per heavy atom. The second kappa shape index (κ2) is 11.8. The number of hydrogen-bond acceptors (Lipinski definition) is 6. The summed E-state index contributed by atoms with van der Waals surface area (Å²) in [6.07, 6.45) is -2.03. The maximum atomic E-state index is 12.6. The van der Waals surface area contributed by atoms with Crippen molar-refractivity contribution in [3.05, 3.63) is 96.1 Å². The Balaban J connectivity index is 1.56. The van der Waals surface area contributed by atoms with Crippen LogP contribution in [0.3, 0.4) is 0 Å². The number of hydrogen-bond donors (Lipinski definition) is 0. The third kappa shape index (κ3) is 6.35. The van der Waals surface area contributed by atoms with Crippen LogP contribution in [0, 0.1) is 0 Å². The monoisotopic (exact) mass is 488 g/mol. The molecule has 0 unspecified atom stereocenters. The summed E-state index contributed by atoms with van der Waals surface area (Å²) >= 11 is 0. The highest BCUT2D eigenvalue weighted by atomic mass is 16.6. The van der Waals surface area contributed by atoms with Crippen LogP contribution in [0.4, 0.5) is 11.4 Å². The summed E-state index contributed by atoms with van der Waals surface area (Å²) in [7, 11) is 3.21. The number of carbonyl (C=O) groups excluding carboxylic acids is 4. The lowest BCUT2D eigenvalue weighted by molar-refractivity contribution is -0.126. The summed E-state index contributed by atoms with van der Waals surface area (Å²) in [5.41, 5.74) is 1.69. The van der Waals surface area contributed by atoms with Crippen LogP contribution in [-0.2, 0) is 19.1 Å². The maximum Gasteiger partial charge on any atom is 0.338 e. The van der Waals surface area contributed by atoms with Gasteiger partial charge < -0.3 is 19.3 Å². The van der Waals surface area contributed by atoms with E-state index in [1.165, 1.54) is 47.9 Å². The van der Waals surface area contributed by atoms with Crippen molar-refractivity contribution in [1.82, 2.24) is 0 Å². The Kier molecular flexibility index (Phi) is 8.57.